The summed E-state index contributed by atoms with van der Waals surface area (Å²) in [5.41, 5.74) is 2.54. The molecule has 5 rings (SSSR count). The number of halogens is 1. The Bertz CT molecular complexity index is 1400. The number of hydrogen-bond donors (Lipinski definition) is 0. The van der Waals surface area contributed by atoms with Gasteiger partial charge in [0.1, 0.15) is 23.5 Å². The summed E-state index contributed by atoms with van der Waals surface area (Å²) >= 11 is 0. The molecule has 1 fully saturated rings. The van der Waals surface area contributed by atoms with Crippen LogP contribution in [-0.2, 0) is 0 Å². The van der Waals surface area contributed by atoms with Crippen LogP contribution >= 0.6 is 0 Å². The van der Waals surface area contributed by atoms with Crippen molar-refractivity contribution in [3.8, 4) is 23.4 Å². The first-order chi connectivity index (χ1) is 16.7. The topological polar surface area (TPSA) is 73.0 Å². The zero-order valence-corrected chi connectivity index (χ0v) is 18.7. The number of hydrogen-bond acceptors (Lipinski definition) is 5. The van der Waals surface area contributed by atoms with E-state index in [0.29, 0.717) is 39.7 Å². The van der Waals surface area contributed by atoms with Crippen LogP contribution in [0.15, 0.2) is 54.7 Å². The average molecular weight is 455 g/mol. The fourth-order valence-electron chi connectivity index (χ4n) is 4.29. The molecule has 2 heterocycles. The van der Waals surface area contributed by atoms with Gasteiger partial charge < -0.3 is 9.47 Å². The molecule has 0 radical (unpaired) electrons. The van der Waals surface area contributed by atoms with Gasteiger partial charge in [0.15, 0.2) is 11.5 Å². The normalized spacial score (nSPS) is 14.0. The Morgan fingerprint density at radius 1 is 1.12 bits per heavy atom. The van der Waals surface area contributed by atoms with Gasteiger partial charge in [0.25, 0.3) is 0 Å². The molecule has 2 aromatic heterocycles. The Kier molecular flexibility index (Phi) is 5.96. The molecule has 0 amide bonds. The molecule has 0 N–H and O–H groups in total. The summed E-state index contributed by atoms with van der Waals surface area (Å²) in [6.07, 6.45) is 9.85. The van der Waals surface area contributed by atoms with Crippen LogP contribution in [0.3, 0.4) is 0 Å². The summed E-state index contributed by atoms with van der Waals surface area (Å²) in [5.74, 6) is 2.14. The van der Waals surface area contributed by atoms with Gasteiger partial charge in [-0.2, -0.15) is 5.26 Å². The summed E-state index contributed by atoms with van der Waals surface area (Å²) in [6.45, 7) is 0. The number of benzene rings is 2. The van der Waals surface area contributed by atoms with Crippen LogP contribution in [0.1, 0.15) is 42.6 Å². The van der Waals surface area contributed by atoms with E-state index in [1.165, 1.54) is 31.2 Å². The van der Waals surface area contributed by atoms with Crippen molar-refractivity contribution in [2.75, 3.05) is 7.11 Å². The molecule has 0 spiro atoms. The molecule has 0 aliphatic heterocycles. The van der Waals surface area contributed by atoms with Gasteiger partial charge >= 0.3 is 0 Å². The highest BCUT2D eigenvalue weighted by molar-refractivity contribution is 5.82. The van der Waals surface area contributed by atoms with Crippen LogP contribution in [0.5, 0.6) is 11.5 Å². The third-order valence-corrected chi connectivity index (χ3v) is 5.98. The lowest BCUT2D eigenvalue weighted by atomic mass is 10.1. The second-order valence-corrected chi connectivity index (χ2v) is 8.19. The van der Waals surface area contributed by atoms with E-state index >= 15 is 0 Å². The summed E-state index contributed by atoms with van der Waals surface area (Å²) in [7, 11) is 1.63. The highest BCUT2D eigenvalue weighted by Crippen LogP contribution is 2.36. The second kappa shape index (κ2) is 9.36. The Hall–Kier alpha value is -4.18. The first-order valence-electron chi connectivity index (χ1n) is 11.2. The SMILES string of the molecule is COc1cccc(/C=C/c2nc3ccc(F)cc3n2-c2ccc(C#N)cn2)c1OC1CCCC1. The molecule has 34 heavy (non-hydrogen) atoms. The van der Waals surface area contributed by atoms with Crippen molar-refractivity contribution >= 4 is 23.2 Å². The zero-order valence-electron chi connectivity index (χ0n) is 18.7. The van der Waals surface area contributed by atoms with Gasteiger partial charge in [0.2, 0.25) is 0 Å². The maximum absolute atomic E-state index is 14.1. The zero-order chi connectivity index (χ0) is 23.5. The van der Waals surface area contributed by atoms with E-state index in [2.05, 4.69) is 11.1 Å². The Balaban J connectivity index is 1.59. The molecule has 2 aromatic carbocycles. The van der Waals surface area contributed by atoms with Crippen molar-refractivity contribution < 1.29 is 13.9 Å². The molecular weight excluding hydrogens is 431 g/mol. The van der Waals surface area contributed by atoms with Crippen LogP contribution < -0.4 is 9.47 Å². The van der Waals surface area contributed by atoms with E-state index in [4.69, 9.17) is 19.7 Å². The van der Waals surface area contributed by atoms with Gasteiger partial charge in [-0.15, -0.1) is 0 Å². The molecule has 170 valence electrons. The minimum Gasteiger partial charge on any atom is -0.493 e. The Morgan fingerprint density at radius 2 is 1.97 bits per heavy atom. The number of imidazole rings is 1. The molecule has 1 aliphatic carbocycles. The maximum Gasteiger partial charge on any atom is 0.168 e. The van der Waals surface area contributed by atoms with E-state index in [1.54, 1.807) is 29.9 Å². The quantitative estimate of drug-likeness (QED) is 0.361. The van der Waals surface area contributed by atoms with Gasteiger partial charge in [-0.3, -0.25) is 4.57 Å². The highest BCUT2D eigenvalue weighted by Gasteiger charge is 2.20. The number of methoxy groups -OCH3 is 1. The number of nitrogens with zero attached hydrogens (tertiary/aromatic N) is 4. The molecule has 0 saturated heterocycles. The van der Waals surface area contributed by atoms with Crippen molar-refractivity contribution in [2.24, 2.45) is 0 Å². The second-order valence-electron chi connectivity index (χ2n) is 8.19. The van der Waals surface area contributed by atoms with E-state index in [1.807, 2.05) is 30.4 Å². The van der Waals surface area contributed by atoms with Crippen molar-refractivity contribution in [3.05, 3.63) is 77.5 Å². The van der Waals surface area contributed by atoms with Gasteiger partial charge in [0, 0.05) is 17.8 Å². The lowest BCUT2D eigenvalue weighted by Gasteiger charge is -2.18. The lowest BCUT2D eigenvalue weighted by molar-refractivity contribution is 0.200. The molecule has 4 aromatic rings. The van der Waals surface area contributed by atoms with Crippen LogP contribution in [0.2, 0.25) is 0 Å². The van der Waals surface area contributed by atoms with E-state index in [-0.39, 0.29) is 11.9 Å². The molecule has 7 heteroatoms. The highest BCUT2D eigenvalue weighted by atomic mass is 19.1. The number of nitriles is 1. The maximum atomic E-state index is 14.1. The number of rotatable bonds is 6. The Labute approximate surface area is 196 Å². The van der Waals surface area contributed by atoms with Gasteiger partial charge in [0.05, 0.1) is 29.8 Å². The minimum absolute atomic E-state index is 0.179. The summed E-state index contributed by atoms with van der Waals surface area (Å²) in [6, 6.07) is 15.7. The average Bonchev–Trinajstić information content (AvgIpc) is 3.50. The van der Waals surface area contributed by atoms with Crippen molar-refractivity contribution in [2.45, 2.75) is 31.8 Å². The van der Waals surface area contributed by atoms with Gasteiger partial charge in [-0.05, 0) is 68.2 Å². The smallest absolute Gasteiger partial charge is 0.168 e. The van der Waals surface area contributed by atoms with E-state index < -0.39 is 0 Å². The summed E-state index contributed by atoms with van der Waals surface area (Å²) in [4.78, 5) is 9.10. The van der Waals surface area contributed by atoms with E-state index in [9.17, 15) is 4.39 Å². The predicted octanol–water partition coefficient (Wildman–Crippen LogP) is 5.93. The molecule has 0 bridgehead atoms. The molecule has 0 unspecified atom stereocenters. The third kappa shape index (κ3) is 4.23. The number of fused-ring (bicyclic) bond motifs is 1. The third-order valence-electron chi connectivity index (χ3n) is 5.98. The minimum atomic E-state index is -0.363. The van der Waals surface area contributed by atoms with Gasteiger partial charge in [-0.25, -0.2) is 14.4 Å². The van der Waals surface area contributed by atoms with Crippen LogP contribution in [0.25, 0.3) is 29.0 Å². The molecule has 6 nitrogen and oxygen atoms in total. The molecule has 0 atom stereocenters. The number of pyridine rings is 1. The van der Waals surface area contributed by atoms with Crippen molar-refractivity contribution in [3.63, 3.8) is 0 Å². The van der Waals surface area contributed by atoms with Crippen molar-refractivity contribution in [1.29, 1.82) is 5.26 Å². The van der Waals surface area contributed by atoms with Crippen LogP contribution in [0.4, 0.5) is 4.39 Å². The van der Waals surface area contributed by atoms with Crippen LogP contribution in [-0.4, -0.2) is 27.7 Å². The molecule has 1 saturated carbocycles. The Morgan fingerprint density at radius 3 is 2.71 bits per heavy atom. The fraction of sp³-hybridized carbons (Fsp3) is 0.222. The first kappa shape index (κ1) is 21.7. The largest absolute Gasteiger partial charge is 0.493 e. The lowest BCUT2D eigenvalue weighted by Crippen LogP contribution is -2.12. The van der Waals surface area contributed by atoms with E-state index in [0.717, 1.165) is 18.4 Å². The molecular formula is C27H23FN4O2. The summed E-state index contributed by atoms with van der Waals surface area (Å²) < 4.78 is 27.8. The summed E-state index contributed by atoms with van der Waals surface area (Å²) in [5, 5.41) is 9.11. The standard InChI is InChI=1S/C27H23FN4O2/c1-33-24-8-4-5-19(27(24)34-21-6-2-3-7-21)10-14-26-31-22-12-11-20(28)15-23(22)32(26)25-13-9-18(16-29)17-30-25/h4-5,8-15,17,21H,2-3,6-7H2,1H3/b14-10+. The molecule has 1 aliphatic rings. The van der Waals surface area contributed by atoms with Crippen molar-refractivity contribution in [1.82, 2.24) is 14.5 Å². The number of aromatic nitrogens is 3. The number of ether oxygens (including phenoxy) is 2. The van der Waals surface area contributed by atoms with Gasteiger partial charge in [-0.1, -0.05) is 12.1 Å². The fourth-order valence-corrected chi connectivity index (χ4v) is 4.29. The van der Waals surface area contributed by atoms with Crippen LogP contribution in [0, 0.1) is 17.1 Å². The first-order valence-corrected chi connectivity index (χ1v) is 11.2. The predicted molar refractivity (Wildman–Crippen MR) is 128 cm³/mol. The number of para-hydroxylation sites is 1. The monoisotopic (exact) mass is 454 g/mol.